The van der Waals surface area contributed by atoms with Crippen LogP contribution in [0.15, 0.2) is 24.4 Å². The normalized spacial score (nSPS) is 9.55. The zero-order chi connectivity index (χ0) is 6.97. The van der Waals surface area contributed by atoms with Crippen LogP contribution in [-0.4, -0.2) is 4.98 Å². The van der Waals surface area contributed by atoms with Crippen LogP contribution in [0.1, 0.15) is 0 Å². The predicted octanol–water partition coefficient (Wildman–Crippen LogP) is 2.10. The van der Waals surface area contributed by atoms with E-state index in [1.807, 2.05) is 6.07 Å². The molecule has 0 aliphatic heterocycles. The van der Waals surface area contributed by atoms with Gasteiger partial charge in [0.1, 0.15) is 0 Å². The van der Waals surface area contributed by atoms with Crippen molar-refractivity contribution in [3.05, 3.63) is 36.3 Å². The third-order valence-electron chi connectivity index (χ3n) is 1.45. The average molecular weight is 223 g/mol. The molecule has 0 bridgehead atoms. The molecule has 1 heterocycles. The standard InChI is InChI=1S/C8H5FN.Y/c9-7-1-2-8-6(5-7)3-4-10-8;/h2-5,10H;/q-1;. The first kappa shape index (κ1) is 8.89. The second kappa shape index (κ2) is 3.46. The second-order valence-electron chi connectivity index (χ2n) is 2.13. The maximum atomic E-state index is 12.4. The Labute approximate surface area is 88.9 Å². The van der Waals surface area contributed by atoms with Crippen molar-refractivity contribution in [1.29, 1.82) is 0 Å². The van der Waals surface area contributed by atoms with Crippen molar-refractivity contribution in [2.45, 2.75) is 0 Å². The molecule has 2 rings (SSSR count). The van der Waals surface area contributed by atoms with E-state index in [0.717, 1.165) is 10.9 Å². The molecule has 1 N–H and O–H groups in total. The van der Waals surface area contributed by atoms with Crippen molar-refractivity contribution in [2.24, 2.45) is 0 Å². The van der Waals surface area contributed by atoms with Crippen LogP contribution in [0.4, 0.5) is 4.39 Å². The van der Waals surface area contributed by atoms with Crippen LogP contribution in [0.5, 0.6) is 0 Å². The van der Waals surface area contributed by atoms with Gasteiger partial charge in [0.15, 0.2) is 0 Å². The molecule has 0 unspecified atom stereocenters. The first-order chi connectivity index (χ1) is 4.86. The van der Waals surface area contributed by atoms with Gasteiger partial charge < -0.3 is 4.98 Å². The Morgan fingerprint density at radius 2 is 2.27 bits per heavy atom. The zero-order valence-corrected chi connectivity index (χ0v) is 8.60. The van der Waals surface area contributed by atoms with Crippen LogP contribution in [0.25, 0.3) is 10.9 Å². The number of aromatic amines is 1. The molecule has 1 nitrogen and oxygen atoms in total. The Hall–Kier alpha value is -0.206. The number of halogens is 1. The van der Waals surface area contributed by atoms with E-state index in [-0.39, 0.29) is 38.5 Å². The molecule has 0 spiro atoms. The third-order valence-corrected chi connectivity index (χ3v) is 1.45. The fourth-order valence-electron chi connectivity index (χ4n) is 0.965. The molecule has 0 saturated carbocycles. The van der Waals surface area contributed by atoms with Crippen molar-refractivity contribution in [3.63, 3.8) is 0 Å². The number of rotatable bonds is 0. The zero-order valence-electron chi connectivity index (χ0n) is 5.76. The van der Waals surface area contributed by atoms with E-state index < -0.39 is 0 Å². The number of benzene rings is 1. The average Bonchev–Trinajstić information content (AvgIpc) is 2.33. The van der Waals surface area contributed by atoms with Gasteiger partial charge in [0, 0.05) is 38.5 Å². The molecular weight excluding hydrogens is 218 g/mol. The van der Waals surface area contributed by atoms with Gasteiger partial charge in [-0.05, 0) is 6.20 Å². The topological polar surface area (TPSA) is 15.8 Å². The largest absolute Gasteiger partial charge is 0.414 e. The number of H-pyrrole nitrogens is 1. The summed E-state index contributed by atoms with van der Waals surface area (Å²) in [6.45, 7) is 0. The van der Waals surface area contributed by atoms with Crippen molar-refractivity contribution in [2.75, 3.05) is 0 Å². The van der Waals surface area contributed by atoms with Gasteiger partial charge in [-0.2, -0.15) is 6.07 Å². The van der Waals surface area contributed by atoms with Crippen LogP contribution in [0.2, 0.25) is 0 Å². The number of nitrogens with one attached hydrogen (secondary N) is 1. The van der Waals surface area contributed by atoms with Gasteiger partial charge in [-0.25, -0.2) is 4.39 Å². The smallest absolute Gasteiger partial charge is 0.0115 e. The van der Waals surface area contributed by atoms with E-state index in [9.17, 15) is 4.39 Å². The quantitative estimate of drug-likeness (QED) is 0.658. The van der Waals surface area contributed by atoms with Crippen molar-refractivity contribution >= 4 is 10.9 Å². The fourth-order valence-corrected chi connectivity index (χ4v) is 0.965. The molecule has 1 aromatic carbocycles. The first-order valence-electron chi connectivity index (χ1n) is 3.00. The summed E-state index contributed by atoms with van der Waals surface area (Å²) in [5.41, 5.74) is 0.918. The van der Waals surface area contributed by atoms with Gasteiger partial charge in [0.05, 0.1) is 0 Å². The molecule has 0 aliphatic carbocycles. The second-order valence-corrected chi connectivity index (χ2v) is 2.13. The molecule has 0 amide bonds. The maximum Gasteiger partial charge on any atom is 0.0115 e. The summed E-state index contributed by atoms with van der Waals surface area (Å²) in [5.74, 6) is -0.313. The SMILES string of the molecule is Fc1[c-]cc2[nH]ccc2c1.[Y]. The van der Waals surface area contributed by atoms with Crippen LogP contribution < -0.4 is 0 Å². The van der Waals surface area contributed by atoms with E-state index in [1.54, 1.807) is 12.3 Å². The van der Waals surface area contributed by atoms with Gasteiger partial charge in [0.25, 0.3) is 0 Å². The molecular formula is C8H5FNY-. The maximum absolute atomic E-state index is 12.4. The Balaban J connectivity index is 0.000000605. The Kier molecular flexibility index (Phi) is 2.80. The molecule has 11 heavy (non-hydrogen) atoms. The molecule has 0 saturated heterocycles. The summed E-state index contributed by atoms with van der Waals surface area (Å²) >= 11 is 0. The van der Waals surface area contributed by atoms with Crippen LogP contribution in [-0.2, 0) is 32.7 Å². The van der Waals surface area contributed by atoms with Gasteiger partial charge in [-0.15, -0.1) is 17.5 Å². The van der Waals surface area contributed by atoms with Gasteiger partial charge in [0.2, 0.25) is 0 Å². The number of hydrogen-bond donors (Lipinski definition) is 1. The minimum Gasteiger partial charge on any atom is -0.414 e. The van der Waals surface area contributed by atoms with Gasteiger partial charge in [-0.3, -0.25) is 0 Å². The van der Waals surface area contributed by atoms with Crippen molar-refractivity contribution in [1.82, 2.24) is 4.98 Å². The molecule has 1 aromatic heterocycles. The monoisotopic (exact) mass is 223 g/mol. The number of fused-ring (bicyclic) bond motifs is 1. The fraction of sp³-hybridized carbons (Fsp3) is 0. The molecule has 53 valence electrons. The summed E-state index contributed by atoms with van der Waals surface area (Å²) in [7, 11) is 0. The Bertz CT molecular complexity index is 356. The summed E-state index contributed by atoms with van der Waals surface area (Å²) in [5, 5.41) is 0.885. The number of hydrogen-bond acceptors (Lipinski definition) is 0. The van der Waals surface area contributed by atoms with Crippen LogP contribution in [0, 0.1) is 11.9 Å². The summed E-state index contributed by atoms with van der Waals surface area (Å²) in [6, 6.07) is 7.34. The van der Waals surface area contributed by atoms with E-state index in [4.69, 9.17) is 0 Å². The summed E-state index contributed by atoms with van der Waals surface area (Å²) in [4.78, 5) is 2.95. The predicted molar refractivity (Wildman–Crippen MR) is 37.1 cm³/mol. The molecule has 3 heteroatoms. The molecule has 1 radical (unpaired) electrons. The van der Waals surface area contributed by atoms with Gasteiger partial charge in [-0.1, -0.05) is 11.6 Å². The van der Waals surface area contributed by atoms with Crippen LogP contribution >= 0.6 is 0 Å². The van der Waals surface area contributed by atoms with E-state index in [1.165, 1.54) is 6.07 Å². The minimum atomic E-state index is -0.313. The molecule has 0 atom stereocenters. The van der Waals surface area contributed by atoms with Crippen molar-refractivity contribution in [3.8, 4) is 0 Å². The minimum absolute atomic E-state index is 0. The van der Waals surface area contributed by atoms with Crippen LogP contribution in [0.3, 0.4) is 0 Å². The van der Waals surface area contributed by atoms with Crippen molar-refractivity contribution < 1.29 is 37.1 Å². The molecule has 0 fully saturated rings. The van der Waals surface area contributed by atoms with E-state index in [2.05, 4.69) is 11.1 Å². The summed E-state index contributed by atoms with van der Waals surface area (Å²) in [6.07, 6.45) is 1.78. The summed E-state index contributed by atoms with van der Waals surface area (Å²) < 4.78 is 12.4. The van der Waals surface area contributed by atoms with E-state index in [0.29, 0.717) is 0 Å². The molecule has 2 aromatic rings. The Morgan fingerprint density at radius 1 is 1.45 bits per heavy atom. The Morgan fingerprint density at radius 3 is 3.09 bits per heavy atom. The third kappa shape index (κ3) is 1.68. The first-order valence-corrected chi connectivity index (χ1v) is 3.00. The van der Waals surface area contributed by atoms with Gasteiger partial charge >= 0.3 is 0 Å². The molecule has 0 aliphatic rings. The number of aromatic nitrogens is 1. The van der Waals surface area contributed by atoms with E-state index >= 15 is 0 Å².